The van der Waals surface area contributed by atoms with Gasteiger partial charge >= 0.3 is 0 Å². The topological polar surface area (TPSA) is 72.9 Å². The molecule has 0 bridgehead atoms. The van der Waals surface area contributed by atoms with Crippen molar-refractivity contribution in [2.45, 2.75) is 0 Å². The number of carbonyl (C=O) groups excluding carboxylic acids is 1. The molecular weight excluding hydrogens is 512 g/mol. The molecule has 0 atom stereocenters. The molecule has 4 aromatic carbocycles. The van der Waals surface area contributed by atoms with E-state index in [0.717, 1.165) is 16.6 Å². The van der Waals surface area contributed by atoms with Gasteiger partial charge in [-0.3, -0.25) is 4.79 Å². The fraction of sp³-hybridized carbons (Fsp3) is 0.0294. The van der Waals surface area contributed by atoms with E-state index >= 15 is 0 Å². The van der Waals surface area contributed by atoms with E-state index in [1.54, 1.807) is 11.8 Å². The zero-order valence-electron chi connectivity index (χ0n) is 22.1. The lowest BCUT2D eigenvalue weighted by atomic mass is 10.00. The minimum atomic E-state index is -0.222. The highest BCUT2D eigenvalue weighted by Gasteiger charge is 2.32. The number of fused-ring (bicyclic) bond motifs is 1. The molecule has 41 heavy (non-hydrogen) atoms. The third-order valence-corrected chi connectivity index (χ3v) is 6.95. The first-order chi connectivity index (χ1) is 20.2. The predicted molar refractivity (Wildman–Crippen MR) is 160 cm³/mol. The molecule has 2 aromatic heterocycles. The van der Waals surface area contributed by atoms with Crippen LogP contribution in [0.3, 0.4) is 0 Å². The van der Waals surface area contributed by atoms with Crippen LogP contribution in [0.2, 0.25) is 0 Å². The maximum Gasteiger partial charge on any atom is 0.281 e. The third kappa shape index (κ3) is 4.39. The number of benzene rings is 4. The van der Waals surface area contributed by atoms with Crippen molar-refractivity contribution in [3.63, 3.8) is 0 Å². The van der Waals surface area contributed by atoms with Gasteiger partial charge in [0.2, 0.25) is 0 Å². The fourth-order valence-corrected chi connectivity index (χ4v) is 4.96. The Morgan fingerprint density at radius 1 is 0.805 bits per heavy atom. The predicted octanol–water partition coefficient (Wildman–Crippen LogP) is 7.13. The van der Waals surface area contributed by atoms with Crippen LogP contribution in [-0.4, -0.2) is 28.5 Å². The van der Waals surface area contributed by atoms with Crippen LogP contribution < -0.4 is 9.75 Å². The van der Waals surface area contributed by atoms with Gasteiger partial charge in [0, 0.05) is 22.7 Å². The van der Waals surface area contributed by atoms with Crippen molar-refractivity contribution in [2.75, 3.05) is 12.1 Å². The van der Waals surface area contributed by atoms with Gasteiger partial charge in [-0.1, -0.05) is 78.9 Å². The average Bonchev–Trinajstić information content (AvgIpc) is 3.74. The van der Waals surface area contributed by atoms with Gasteiger partial charge in [-0.2, -0.15) is 15.2 Å². The average molecular weight is 537 g/mol. The first-order valence-corrected chi connectivity index (χ1v) is 13.2. The lowest BCUT2D eigenvalue weighted by molar-refractivity contribution is -0.114. The number of hydrogen-bond donors (Lipinski definition) is 0. The van der Waals surface area contributed by atoms with Gasteiger partial charge in [0.1, 0.15) is 11.4 Å². The number of para-hydroxylation sites is 3. The van der Waals surface area contributed by atoms with Gasteiger partial charge in [0.05, 0.1) is 24.1 Å². The van der Waals surface area contributed by atoms with Crippen LogP contribution in [0.1, 0.15) is 11.1 Å². The highest BCUT2D eigenvalue weighted by atomic mass is 16.5. The van der Waals surface area contributed by atoms with Crippen molar-refractivity contribution in [3.8, 4) is 22.9 Å². The van der Waals surface area contributed by atoms with Crippen LogP contribution in [0, 0.1) is 0 Å². The number of hydrazone groups is 1. The first-order valence-electron chi connectivity index (χ1n) is 13.2. The van der Waals surface area contributed by atoms with Crippen LogP contribution in [0.4, 0.5) is 5.69 Å². The van der Waals surface area contributed by atoms with Crippen molar-refractivity contribution in [2.24, 2.45) is 5.10 Å². The molecule has 7 nitrogen and oxygen atoms in total. The summed E-state index contributed by atoms with van der Waals surface area (Å²) in [6, 6.07) is 36.7. The fourth-order valence-electron chi connectivity index (χ4n) is 4.96. The van der Waals surface area contributed by atoms with E-state index in [0.29, 0.717) is 45.3 Å². The molecule has 0 saturated carbocycles. The Hall–Kier alpha value is -5.69. The number of amides is 1. The van der Waals surface area contributed by atoms with Crippen molar-refractivity contribution in [1.82, 2.24) is 9.78 Å². The van der Waals surface area contributed by atoms with E-state index in [9.17, 15) is 4.79 Å². The van der Waals surface area contributed by atoms with Gasteiger partial charge in [-0.25, -0.2) is 4.68 Å². The highest BCUT2D eigenvalue weighted by Crippen LogP contribution is 2.36. The van der Waals surface area contributed by atoms with E-state index in [4.69, 9.17) is 19.4 Å². The number of hydrogen-bond acceptors (Lipinski definition) is 5. The number of aromatic nitrogens is 2. The first kappa shape index (κ1) is 24.4. The number of methoxy groups -OCH3 is 1. The molecule has 7 heteroatoms. The summed E-state index contributed by atoms with van der Waals surface area (Å²) < 4.78 is 13.6. The molecule has 1 amide bonds. The van der Waals surface area contributed by atoms with Crippen LogP contribution >= 0.6 is 0 Å². The molecule has 3 heterocycles. The van der Waals surface area contributed by atoms with Gasteiger partial charge in [0.15, 0.2) is 17.1 Å². The number of anilines is 1. The van der Waals surface area contributed by atoms with Crippen LogP contribution in [0.15, 0.2) is 137 Å². The highest BCUT2D eigenvalue weighted by molar-refractivity contribution is 6.37. The molecule has 198 valence electrons. The van der Waals surface area contributed by atoms with Gasteiger partial charge in [-0.15, -0.1) is 0 Å². The Morgan fingerprint density at radius 2 is 1.49 bits per heavy atom. The summed E-state index contributed by atoms with van der Waals surface area (Å²) in [6.07, 6.45) is 3.76. The molecule has 1 aliphatic rings. The summed E-state index contributed by atoms with van der Waals surface area (Å²) in [5.41, 5.74) is 5.41. The Kier molecular flexibility index (Phi) is 6.02. The summed E-state index contributed by atoms with van der Waals surface area (Å²) in [5.74, 6) is 0.980. The smallest absolute Gasteiger partial charge is 0.281 e. The number of nitrogens with zero attached hydrogens (tertiary/aromatic N) is 4. The lowest BCUT2D eigenvalue weighted by Crippen LogP contribution is -2.21. The third-order valence-electron chi connectivity index (χ3n) is 6.95. The number of rotatable bonds is 6. The minimum absolute atomic E-state index is 0.222. The molecule has 0 aliphatic carbocycles. The van der Waals surface area contributed by atoms with Gasteiger partial charge in [-0.05, 0) is 42.5 Å². The standard InChI is InChI=1S/C34H24N4O3/c1-40-29-19-11-14-24-21-30(41-33(24)29)32-25(22-37(35-32)26-15-7-3-8-16-26)20-28-31(23-12-5-2-6-13-23)36-38(34(28)39)27-17-9-4-10-18-27/h2-22H,1H3. The van der Waals surface area contributed by atoms with Crippen LogP contribution in [0.5, 0.6) is 5.75 Å². The number of ether oxygens (including phenoxy) is 1. The lowest BCUT2D eigenvalue weighted by Gasteiger charge is -2.10. The molecule has 1 aliphatic heterocycles. The van der Waals surface area contributed by atoms with E-state index < -0.39 is 0 Å². The van der Waals surface area contributed by atoms with Gasteiger partial charge in [0.25, 0.3) is 5.91 Å². The molecule has 0 unspecified atom stereocenters. The summed E-state index contributed by atoms with van der Waals surface area (Å²) >= 11 is 0. The summed E-state index contributed by atoms with van der Waals surface area (Å²) in [4.78, 5) is 13.9. The van der Waals surface area contributed by atoms with Gasteiger partial charge < -0.3 is 9.15 Å². The Bertz CT molecular complexity index is 1940. The molecule has 0 fully saturated rings. The zero-order chi connectivity index (χ0) is 27.8. The zero-order valence-corrected chi connectivity index (χ0v) is 22.1. The molecule has 0 radical (unpaired) electrons. The second-order valence-electron chi connectivity index (χ2n) is 9.53. The van der Waals surface area contributed by atoms with E-state index in [-0.39, 0.29) is 5.91 Å². The summed E-state index contributed by atoms with van der Waals surface area (Å²) in [6.45, 7) is 0. The Balaban J connectivity index is 1.42. The number of furan rings is 1. The maximum atomic E-state index is 13.9. The van der Waals surface area contributed by atoms with Crippen molar-refractivity contribution >= 4 is 34.4 Å². The van der Waals surface area contributed by atoms with Crippen LogP contribution in [0.25, 0.3) is 34.2 Å². The SMILES string of the molecule is COc1cccc2cc(-c3nn(-c4ccccc4)cc3C=C3C(=O)N(c4ccccc4)N=C3c3ccccc3)oc12. The van der Waals surface area contributed by atoms with Crippen molar-refractivity contribution in [1.29, 1.82) is 0 Å². The molecule has 0 N–H and O–H groups in total. The monoisotopic (exact) mass is 536 g/mol. The molecule has 7 rings (SSSR count). The van der Waals surface area contributed by atoms with Crippen LogP contribution in [-0.2, 0) is 4.79 Å². The summed E-state index contributed by atoms with van der Waals surface area (Å²) in [5, 5.41) is 12.0. The Labute approximate surface area is 236 Å². The van der Waals surface area contributed by atoms with E-state index in [1.165, 1.54) is 5.01 Å². The normalized spacial score (nSPS) is 14.2. The van der Waals surface area contributed by atoms with Crippen molar-refractivity contribution in [3.05, 3.63) is 138 Å². The molecule has 6 aromatic rings. The molecule has 0 spiro atoms. The van der Waals surface area contributed by atoms with E-state index in [2.05, 4.69) is 0 Å². The second-order valence-corrected chi connectivity index (χ2v) is 9.53. The van der Waals surface area contributed by atoms with Crippen molar-refractivity contribution < 1.29 is 13.9 Å². The minimum Gasteiger partial charge on any atom is -0.493 e. The quantitative estimate of drug-likeness (QED) is 0.212. The largest absolute Gasteiger partial charge is 0.493 e. The molecular formula is C34H24N4O3. The van der Waals surface area contributed by atoms with E-state index in [1.807, 2.05) is 128 Å². The maximum absolute atomic E-state index is 13.9. The second kappa shape index (κ2) is 10.1. The summed E-state index contributed by atoms with van der Waals surface area (Å²) in [7, 11) is 1.62. The molecule has 0 saturated heterocycles. The number of carbonyl (C=O) groups is 1. The Morgan fingerprint density at radius 3 is 2.20 bits per heavy atom.